The number of ether oxygens (including phenoxy) is 2. The van der Waals surface area contributed by atoms with Crippen molar-refractivity contribution in [1.29, 1.82) is 0 Å². The molecule has 0 aliphatic heterocycles. The summed E-state index contributed by atoms with van der Waals surface area (Å²) in [4.78, 5) is 0. The van der Waals surface area contributed by atoms with Crippen LogP contribution in [0.5, 0.6) is 5.75 Å². The van der Waals surface area contributed by atoms with E-state index in [-0.39, 0.29) is 5.75 Å². The number of alkyl halides is 3. The van der Waals surface area contributed by atoms with Gasteiger partial charge in [0.15, 0.2) is 0 Å². The van der Waals surface area contributed by atoms with Crippen molar-refractivity contribution in [2.24, 2.45) is 0 Å². The molecule has 2 nitrogen and oxygen atoms in total. The van der Waals surface area contributed by atoms with E-state index in [1.54, 1.807) is 20.1 Å². The van der Waals surface area contributed by atoms with Gasteiger partial charge in [0.25, 0.3) is 0 Å². The number of halogens is 3. The third-order valence-electron chi connectivity index (χ3n) is 2.14. The first-order valence-corrected chi connectivity index (χ1v) is 5.24. The third kappa shape index (κ3) is 4.65. The van der Waals surface area contributed by atoms with E-state index in [1.165, 1.54) is 0 Å². The van der Waals surface area contributed by atoms with Gasteiger partial charge in [-0.25, -0.2) is 0 Å². The van der Waals surface area contributed by atoms with Crippen LogP contribution in [-0.2, 0) is 10.9 Å². The van der Waals surface area contributed by atoms with Crippen LogP contribution in [0.15, 0.2) is 18.2 Å². The van der Waals surface area contributed by atoms with Gasteiger partial charge in [-0.05, 0) is 30.7 Å². The van der Waals surface area contributed by atoms with Crippen LogP contribution in [0, 0.1) is 6.92 Å². The number of rotatable bonds is 5. The van der Waals surface area contributed by atoms with Crippen molar-refractivity contribution in [3.8, 4) is 5.75 Å². The van der Waals surface area contributed by atoms with Gasteiger partial charge in [-0.3, -0.25) is 0 Å². The minimum absolute atomic E-state index is 0.244. The Morgan fingerprint density at radius 3 is 2.41 bits per heavy atom. The summed E-state index contributed by atoms with van der Waals surface area (Å²) in [5, 5.41) is 0. The smallest absolute Gasteiger partial charge is 0.416 e. The molecule has 0 radical (unpaired) electrons. The first-order chi connectivity index (χ1) is 7.93. The number of aryl methyl sites for hydroxylation is 1. The van der Waals surface area contributed by atoms with Crippen molar-refractivity contribution < 1.29 is 22.6 Å². The number of methoxy groups -OCH3 is 1. The Morgan fingerprint density at radius 1 is 1.12 bits per heavy atom. The first-order valence-electron chi connectivity index (χ1n) is 5.24. The molecule has 0 saturated heterocycles. The van der Waals surface area contributed by atoms with Gasteiger partial charge in [-0.15, -0.1) is 0 Å². The molecule has 0 fully saturated rings. The molecule has 0 aliphatic rings. The summed E-state index contributed by atoms with van der Waals surface area (Å²) in [7, 11) is 1.56. The summed E-state index contributed by atoms with van der Waals surface area (Å²) in [6.07, 6.45) is -3.69. The first kappa shape index (κ1) is 13.8. The SMILES string of the molecule is COCCCOc1cc(C)cc(C(F)(F)F)c1. The zero-order valence-corrected chi connectivity index (χ0v) is 9.80. The van der Waals surface area contributed by atoms with E-state index < -0.39 is 11.7 Å². The summed E-state index contributed by atoms with van der Waals surface area (Å²) in [6.45, 7) is 2.48. The highest BCUT2D eigenvalue weighted by atomic mass is 19.4. The largest absolute Gasteiger partial charge is 0.493 e. The van der Waals surface area contributed by atoms with Crippen molar-refractivity contribution in [1.82, 2.24) is 0 Å². The molecule has 17 heavy (non-hydrogen) atoms. The molecule has 0 bridgehead atoms. The summed E-state index contributed by atoms with van der Waals surface area (Å²) in [5.41, 5.74) is -0.152. The van der Waals surface area contributed by atoms with Crippen LogP contribution < -0.4 is 4.74 Å². The Hall–Kier alpha value is -1.23. The molecule has 1 aromatic rings. The monoisotopic (exact) mass is 248 g/mol. The Kier molecular flexibility index (Phi) is 4.81. The predicted molar refractivity (Wildman–Crippen MR) is 58.2 cm³/mol. The molecule has 1 rings (SSSR count). The van der Waals surface area contributed by atoms with Crippen LogP contribution >= 0.6 is 0 Å². The summed E-state index contributed by atoms with van der Waals surface area (Å²) >= 11 is 0. The second-order valence-electron chi connectivity index (χ2n) is 3.73. The average Bonchev–Trinajstić information content (AvgIpc) is 2.22. The topological polar surface area (TPSA) is 18.5 Å². The summed E-state index contributed by atoms with van der Waals surface area (Å²) < 4.78 is 47.6. The maximum Gasteiger partial charge on any atom is 0.416 e. The number of hydrogen-bond acceptors (Lipinski definition) is 2. The Bertz CT molecular complexity index is 361. The molecule has 1 aromatic carbocycles. The molecule has 0 atom stereocenters. The van der Waals surface area contributed by atoms with Crippen molar-refractivity contribution in [3.05, 3.63) is 29.3 Å². The Balaban J connectivity index is 2.69. The second kappa shape index (κ2) is 5.91. The van der Waals surface area contributed by atoms with E-state index >= 15 is 0 Å². The fraction of sp³-hybridized carbons (Fsp3) is 0.500. The van der Waals surface area contributed by atoms with Crippen LogP contribution in [-0.4, -0.2) is 20.3 Å². The molecule has 0 unspecified atom stereocenters. The molecular weight excluding hydrogens is 233 g/mol. The van der Waals surface area contributed by atoms with Crippen molar-refractivity contribution in [2.75, 3.05) is 20.3 Å². The Morgan fingerprint density at radius 2 is 1.82 bits per heavy atom. The maximum atomic E-state index is 12.5. The van der Waals surface area contributed by atoms with E-state index in [1.807, 2.05) is 0 Å². The van der Waals surface area contributed by atoms with Crippen molar-refractivity contribution in [2.45, 2.75) is 19.5 Å². The van der Waals surface area contributed by atoms with Gasteiger partial charge >= 0.3 is 6.18 Å². The van der Waals surface area contributed by atoms with Gasteiger partial charge in [0.2, 0.25) is 0 Å². The van der Waals surface area contributed by atoms with E-state index in [9.17, 15) is 13.2 Å². The lowest BCUT2D eigenvalue weighted by Gasteiger charge is -2.11. The number of benzene rings is 1. The van der Waals surface area contributed by atoms with Gasteiger partial charge in [0.05, 0.1) is 12.2 Å². The molecule has 0 aromatic heterocycles. The van der Waals surface area contributed by atoms with Crippen molar-refractivity contribution in [3.63, 3.8) is 0 Å². The standard InChI is InChI=1S/C12H15F3O2/c1-9-6-10(12(13,14)15)8-11(7-9)17-5-3-4-16-2/h6-8H,3-5H2,1-2H3. The van der Waals surface area contributed by atoms with Crippen LogP contribution in [0.3, 0.4) is 0 Å². The lowest BCUT2D eigenvalue weighted by molar-refractivity contribution is -0.137. The predicted octanol–water partition coefficient (Wildman–Crippen LogP) is 3.43. The molecule has 0 heterocycles. The third-order valence-corrected chi connectivity index (χ3v) is 2.14. The normalized spacial score (nSPS) is 11.6. The molecule has 0 aliphatic carbocycles. The minimum Gasteiger partial charge on any atom is -0.493 e. The van der Waals surface area contributed by atoms with Crippen LogP contribution in [0.2, 0.25) is 0 Å². The van der Waals surface area contributed by atoms with Gasteiger partial charge in [0, 0.05) is 20.1 Å². The summed E-state index contributed by atoms with van der Waals surface area (Å²) in [6, 6.07) is 3.70. The maximum absolute atomic E-state index is 12.5. The van der Waals surface area contributed by atoms with Crippen LogP contribution in [0.25, 0.3) is 0 Å². The van der Waals surface area contributed by atoms with Crippen LogP contribution in [0.4, 0.5) is 13.2 Å². The zero-order valence-electron chi connectivity index (χ0n) is 9.80. The highest BCUT2D eigenvalue weighted by Crippen LogP contribution is 2.32. The summed E-state index contributed by atoms with van der Waals surface area (Å²) in [5.74, 6) is 0.244. The fourth-order valence-corrected chi connectivity index (χ4v) is 1.39. The lowest BCUT2D eigenvalue weighted by Crippen LogP contribution is -2.07. The van der Waals surface area contributed by atoms with Gasteiger partial charge in [-0.1, -0.05) is 0 Å². The van der Waals surface area contributed by atoms with Gasteiger partial charge in [-0.2, -0.15) is 13.2 Å². The quantitative estimate of drug-likeness (QED) is 0.743. The van der Waals surface area contributed by atoms with E-state index in [0.717, 1.165) is 12.1 Å². The van der Waals surface area contributed by atoms with Crippen LogP contribution in [0.1, 0.15) is 17.5 Å². The van der Waals surface area contributed by atoms with E-state index in [2.05, 4.69) is 0 Å². The van der Waals surface area contributed by atoms with Crippen molar-refractivity contribution >= 4 is 0 Å². The highest BCUT2D eigenvalue weighted by molar-refractivity contribution is 5.35. The molecule has 96 valence electrons. The molecule has 0 N–H and O–H groups in total. The van der Waals surface area contributed by atoms with Gasteiger partial charge in [0.1, 0.15) is 5.75 Å². The van der Waals surface area contributed by atoms with E-state index in [4.69, 9.17) is 9.47 Å². The minimum atomic E-state index is -4.34. The molecule has 0 saturated carbocycles. The lowest BCUT2D eigenvalue weighted by atomic mass is 10.1. The molecule has 0 spiro atoms. The molecular formula is C12H15F3O2. The molecule has 0 amide bonds. The van der Waals surface area contributed by atoms with E-state index in [0.29, 0.717) is 25.2 Å². The van der Waals surface area contributed by atoms with Gasteiger partial charge < -0.3 is 9.47 Å². The highest BCUT2D eigenvalue weighted by Gasteiger charge is 2.31. The Labute approximate surface area is 98.3 Å². The second-order valence-corrected chi connectivity index (χ2v) is 3.73. The average molecular weight is 248 g/mol. The fourth-order valence-electron chi connectivity index (χ4n) is 1.39. The zero-order chi connectivity index (χ0) is 12.9. The number of hydrogen-bond donors (Lipinski definition) is 0. The molecule has 5 heteroatoms.